The molecule has 3 N–H and O–H groups in total. The van der Waals surface area contributed by atoms with Crippen molar-refractivity contribution in [1.29, 1.82) is 0 Å². The summed E-state index contributed by atoms with van der Waals surface area (Å²) in [5.74, 6) is -2.93. The number of hydrogen-bond acceptors (Lipinski definition) is 6. The van der Waals surface area contributed by atoms with Crippen molar-refractivity contribution in [3.63, 3.8) is 0 Å². The second-order valence-electron chi connectivity index (χ2n) is 8.84. The Balaban J connectivity index is 0.000000559. The molecule has 0 saturated carbocycles. The number of carbonyl (C=O) groups is 2. The standard InChI is InChI=1S/C25H28N4O3S.C2HF3O2/c1-28(19-20-8-4-2-5-9-20)25(30)21-12-13-24(29-16-14-26-15-17-29)23(18-21)27-33(31,32)22-10-6-3-7-11-22;3-2(4,5)1(6)7/h2-13,18,26-27H,14-17,19H2,1H3;(H,6,7). The van der Waals surface area contributed by atoms with E-state index >= 15 is 0 Å². The normalized spacial score (nSPS) is 13.6. The number of alkyl halides is 3. The average molecular weight is 579 g/mol. The van der Waals surface area contributed by atoms with E-state index in [2.05, 4.69) is 14.9 Å². The molecule has 40 heavy (non-hydrogen) atoms. The number of piperazine rings is 1. The summed E-state index contributed by atoms with van der Waals surface area (Å²) in [6.45, 7) is 3.59. The van der Waals surface area contributed by atoms with E-state index in [-0.39, 0.29) is 10.8 Å². The maximum Gasteiger partial charge on any atom is 0.490 e. The van der Waals surface area contributed by atoms with Gasteiger partial charge in [0.2, 0.25) is 0 Å². The number of halogens is 3. The molecule has 0 unspecified atom stereocenters. The van der Waals surface area contributed by atoms with E-state index in [0.717, 1.165) is 37.4 Å². The molecule has 1 amide bonds. The molecule has 3 aromatic carbocycles. The van der Waals surface area contributed by atoms with Crippen molar-refractivity contribution in [2.24, 2.45) is 0 Å². The Kier molecular flexibility index (Phi) is 10.1. The summed E-state index contributed by atoms with van der Waals surface area (Å²) in [6, 6.07) is 23.2. The number of sulfonamides is 1. The lowest BCUT2D eigenvalue weighted by Crippen LogP contribution is -2.43. The van der Waals surface area contributed by atoms with Crippen LogP contribution < -0.4 is 14.9 Å². The Morgan fingerprint density at radius 1 is 0.975 bits per heavy atom. The SMILES string of the molecule is CN(Cc1ccccc1)C(=O)c1ccc(N2CCNCC2)c(NS(=O)(=O)c2ccccc2)c1.O=C(O)C(F)(F)F. The monoisotopic (exact) mass is 578 g/mol. The minimum atomic E-state index is -5.08. The molecule has 0 radical (unpaired) electrons. The molecular formula is C27H29F3N4O5S. The summed E-state index contributed by atoms with van der Waals surface area (Å²) in [6.07, 6.45) is -5.08. The van der Waals surface area contributed by atoms with Crippen molar-refractivity contribution in [3.8, 4) is 0 Å². The van der Waals surface area contributed by atoms with Crippen LogP contribution in [0.5, 0.6) is 0 Å². The van der Waals surface area contributed by atoms with Gasteiger partial charge in [0.25, 0.3) is 15.9 Å². The number of benzene rings is 3. The van der Waals surface area contributed by atoms with Gasteiger partial charge in [-0.05, 0) is 35.9 Å². The van der Waals surface area contributed by atoms with Gasteiger partial charge in [-0.25, -0.2) is 13.2 Å². The summed E-state index contributed by atoms with van der Waals surface area (Å²) in [5, 5.41) is 10.4. The summed E-state index contributed by atoms with van der Waals surface area (Å²) in [7, 11) is -2.06. The topological polar surface area (TPSA) is 119 Å². The first-order chi connectivity index (χ1) is 18.9. The van der Waals surface area contributed by atoms with Crippen LogP contribution in [0.2, 0.25) is 0 Å². The predicted molar refractivity (Wildman–Crippen MR) is 145 cm³/mol. The van der Waals surface area contributed by atoms with E-state index in [9.17, 15) is 26.4 Å². The van der Waals surface area contributed by atoms with Gasteiger partial charge < -0.3 is 20.2 Å². The number of nitrogens with zero attached hydrogens (tertiary/aromatic N) is 2. The molecule has 0 bridgehead atoms. The molecule has 1 heterocycles. The fourth-order valence-electron chi connectivity index (χ4n) is 3.89. The smallest absolute Gasteiger partial charge is 0.475 e. The molecule has 0 aliphatic carbocycles. The molecule has 0 aromatic heterocycles. The third-order valence-electron chi connectivity index (χ3n) is 5.85. The zero-order valence-electron chi connectivity index (χ0n) is 21.6. The highest BCUT2D eigenvalue weighted by molar-refractivity contribution is 7.92. The predicted octanol–water partition coefficient (Wildman–Crippen LogP) is 3.80. The number of carboxylic acids is 1. The summed E-state index contributed by atoms with van der Waals surface area (Å²) in [5.41, 5.74) is 2.62. The summed E-state index contributed by atoms with van der Waals surface area (Å²) < 4.78 is 60.6. The largest absolute Gasteiger partial charge is 0.490 e. The van der Waals surface area contributed by atoms with Gasteiger partial charge in [-0.1, -0.05) is 48.5 Å². The zero-order chi connectivity index (χ0) is 29.3. The molecule has 9 nitrogen and oxygen atoms in total. The highest BCUT2D eigenvalue weighted by atomic mass is 32.2. The summed E-state index contributed by atoms with van der Waals surface area (Å²) >= 11 is 0. The number of anilines is 2. The van der Waals surface area contributed by atoms with Crippen LogP contribution in [0.4, 0.5) is 24.5 Å². The highest BCUT2D eigenvalue weighted by Gasteiger charge is 2.38. The maximum atomic E-state index is 13.1. The Morgan fingerprint density at radius 3 is 2.08 bits per heavy atom. The van der Waals surface area contributed by atoms with Crippen LogP contribution in [0.1, 0.15) is 15.9 Å². The number of amides is 1. The van der Waals surface area contributed by atoms with Crippen molar-refractivity contribution in [1.82, 2.24) is 10.2 Å². The summed E-state index contributed by atoms with van der Waals surface area (Å²) in [4.78, 5) is 26.0. The van der Waals surface area contributed by atoms with E-state index in [1.54, 1.807) is 54.4 Å². The molecule has 1 fully saturated rings. The van der Waals surface area contributed by atoms with Gasteiger partial charge in [0.1, 0.15) is 0 Å². The van der Waals surface area contributed by atoms with Gasteiger partial charge in [0, 0.05) is 45.3 Å². The minimum absolute atomic E-state index is 0.175. The first-order valence-corrected chi connectivity index (χ1v) is 13.6. The van der Waals surface area contributed by atoms with Gasteiger partial charge in [0.05, 0.1) is 16.3 Å². The number of rotatable bonds is 7. The van der Waals surface area contributed by atoms with Crippen LogP contribution in [0.3, 0.4) is 0 Å². The molecule has 3 aromatic rings. The molecule has 1 saturated heterocycles. The molecule has 1 aliphatic rings. The van der Waals surface area contributed by atoms with Gasteiger partial charge in [-0.2, -0.15) is 13.2 Å². The van der Waals surface area contributed by atoms with E-state index < -0.39 is 22.2 Å². The Morgan fingerprint density at radius 2 is 1.52 bits per heavy atom. The van der Waals surface area contributed by atoms with Gasteiger partial charge in [0.15, 0.2) is 0 Å². The highest BCUT2D eigenvalue weighted by Crippen LogP contribution is 2.30. The van der Waals surface area contributed by atoms with E-state index in [1.807, 2.05) is 36.4 Å². The lowest BCUT2D eigenvalue weighted by atomic mass is 10.1. The van der Waals surface area contributed by atoms with Gasteiger partial charge >= 0.3 is 12.1 Å². The lowest BCUT2D eigenvalue weighted by molar-refractivity contribution is -0.192. The van der Waals surface area contributed by atoms with Crippen LogP contribution in [-0.4, -0.2) is 69.7 Å². The lowest BCUT2D eigenvalue weighted by Gasteiger charge is -2.31. The molecule has 0 atom stereocenters. The molecule has 0 spiro atoms. The number of hydrogen-bond donors (Lipinski definition) is 3. The molecular weight excluding hydrogens is 549 g/mol. The quantitative estimate of drug-likeness (QED) is 0.390. The van der Waals surface area contributed by atoms with Crippen LogP contribution in [0.15, 0.2) is 83.8 Å². The first-order valence-electron chi connectivity index (χ1n) is 12.2. The number of carboxylic acid groups (broad SMARTS) is 1. The van der Waals surface area contributed by atoms with Crippen LogP contribution in [-0.2, 0) is 21.4 Å². The van der Waals surface area contributed by atoms with E-state index in [1.165, 1.54) is 0 Å². The minimum Gasteiger partial charge on any atom is -0.475 e. The fourth-order valence-corrected chi connectivity index (χ4v) is 4.97. The van der Waals surface area contributed by atoms with E-state index in [4.69, 9.17) is 9.90 Å². The van der Waals surface area contributed by atoms with E-state index in [0.29, 0.717) is 17.8 Å². The molecule has 13 heteroatoms. The number of carbonyl (C=O) groups excluding carboxylic acids is 1. The van der Waals surface area contributed by atoms with Crippen molar-refractivity contribution < 1.29 is 36.3 Å². The maximum absolute atomic E-state index is 13.1. The Hall–Kier alpha value is -4.10. The Labute approximate surface area is 230 Å². The van der Waals surface area contributed by atoms with Crippen molar-refractivity contribution >= 4 is 33.3 Å². The number of nitrogens with one attached hydrogen (secondary N) is 2. The van der Waals surface area contributed by atoms with Crippen molar-refractivity contribution in [2.75, 3.05) is 42.8 Å². The third kappa shape index (κ3) is 8.45. The fraction of sp³-hybridized carbons (Fsp3) is 0.259. The van der Waals surface area contributed by atoms with Crippen LogP contribution >= 0.6 is 0 Å². The molecule has 1 aliphatic heterocycles. The first kappa shape index (κ1) is 30.4. The number of aliphatic carboxylic acids is 1. The van der Waals surface area contributed by atoms with Crippen molar-refractivity contribution in [2.45, 2.75) is 17.6 Å². The Bertz CT molecular complexity index is 1400. The third-order valence-corrected chi connectivity index (χ3v) is 7.23. The van der Waals surface area contributed by atoms with Crippen molar-refractivity contribution in [3.05, 3.63) is 90.0 Å². The van der Waals surface area contributed by atoms with Crippen LogP contribution in [0, 0.1) is 0 Å². The van der Waals surface area contributed by atoms with Gasteiger partial charge in [-0.3, -0.25) is 9.52 Å². The zero-order valence-corrected chi connectivity index (χ0v) is 22.4. The second-order valence-corrected chi connectivity index (χ2v) is 10.5. The average Bonchev–Trinajstić information content (AvgIpc) is 2.94. The van der Waals surface area contributed by atoms with Gasteiger partial charge in [-0.15, -0.1) is 0 Å². The second kappa shape index (κ2) is 13.3. The van der Waals surface area contributed by atoms with Crippen LogP contribution in [0.25, 0.3) is 0 Å². The molecule has 214 valence electrons. The molecule has 4 rings (SSSR count).